The number of aryl methyl sites for hydroxylation is 2. The second kappa shape index (κ2) is 9.97. The number of hydrogen-bond acceptors (Lipinski definition) is 5. The lowest BCUT2D eigenvalue weighted by molar-refractivity contribution is 0.0577. The fourth-order valence-corrected chi connectivity index (χ4v) is 4.27. The second-order valence-electron chi connectivity index (χ2n) is 10.1. The molecular formula is C30H33N3O3. The lowest BCUT2D eigenvalue weighted by atomic mass is 10.0. The van der Waals surface area contributed by atoms with Crippen LogP contribution >= 0.6 is 0 Å². The third kappa shape index (κ3) is 5.48. The van der Waals surface area contributed by atoms with Crippen LogP contribution in [0.2, 0.25) is 0 Å². The Balaban J connectivity index is 1.80. The SMILES string of the molecule is COc1c(C)cnc(CN(C(=O)OC(C)(C)C)c2cc(C)cc(-c3cnc4ccccc4c3)c2)c1C. The first-order valence-electron chi connectivity index (χ1n) is 12.0. The van der Waals surface area contributed by atoms with Crippen LogP contribution in [-0.4, -0.2) is 28.8 Å². The fourth-order valence-electron chi connectivity index (χ4n) is 4.27. The van der Waals surface area contributed by atoms with E-state index in [9.17, 15) is 4.79 Å². The van der Waals surface area contributed by atoms with E-state index in [1.807, 2.05) is 78.1 Å². The van der Waals surface area contributed by atoms with E-state index in [4.69, 9.17) is 9.47 Å². The number of fused-ring (bicyclic) bond motifs is 1. The Morgan fingerprint density at radius 3 is 2.42 bits per heavy atom. The quantitative estimate of drug-likeness (QED) is 0.301. The zero-order valence-corrected chi connectivity index (χ0v) is 22.0. The van der Waals surface area contributed by atoms with Crippen LogP contribution < -0.4 is 9.64 Å². The number of rotatable bonds is 5. The lowest BCUT2D eigenvalue weighted by Crippen LogP contribution is -2.37. The summed E-state index contributed by atoms with van der Waals surface area (Å²) in [4.78, 5) is 24.4. The van der Waals surface area contributed by atoms with E-state index in [1.54, 1.807) is 18.2 Å². The molecule has 2 aromatic heterocycles. The van der Waals surface area contributed by atoms with Gasteiger partial charge in [0, 0.05) is 40.2 Å². The molecule has 6 heteroatoms. The molecule has 0 bridgehead atoms. The predicted octanol–water partition coefficient (Wildman–Crippen LogP) is 7.17. The Morgan fingerprint density at radius 1 is 0.944 bits per heavy atom. The van der Waals surface area contributed by atoms with Gasteiger partial charge in [-0.3, -0.25) is 14.9 Å². The Bertz CT molecular complexity index is 1420. The van der Waals surface area contributed by atoms with E-state index in [-0.39, 0.29) is 6.54 Å². The van der Waals surface area contributed by atoms with Gasteiger partial charge in [-0.15, -0.1) is 0 Å². The van der Waals surface area contributed by atoms with Crippen molar-refractivity contribution in [2.75, 3.05) is 12.0 Å². The van der Waals surface area contributed by atoms with Gasteiger partial charge in [0.15, 0.2) is 0 Å². The number of anilines is 1. The molecule has 0 radical (unpaired) electrons. The maximum absolute atomic E-state index is 13.5. The average Bonchev–Trinajstić information content (AvgIpc) is 2.82. The van der Waals surface area contributed by atoms with Crippen molar-refractivity contribution in [3.8, 4) is 16.9 Å². The summed E-state index contributed by atoms with van der Waals surface area (Å²) in [6, 6.07) is 16.2. The van der Waals surface area contributed by atoms with Crippen LogP contribution in [0.4, 0.5) is 10.5 Å². The third-order valence-corrected chi connectivity index (χ3v) is 5.97. The number of carbonyl (C=O) groups excluding carboxylic acids is 1. The van der Waals surface area contributed by atoms with Gasteiger partial charge >= 0.3 is 6.09 Å². The van der Waals surface area contributed by atoms with Crippen molar-refractivity contribution in [2.24, 2.45) is 0 Å². The summed E-state index contributed by atoms with van der Waals surface area (Å²) in [5.74, 6) is 0.774. The standard InChI is InChI=1S/C30H33N3O3/c1-19-12-23(24-14-22-10-8-9-11-26(22)32-17-24)15-25(13-19)33(29(34)36-30(4,5)6)18-27-21(3)28(35-7)20(2)16-31-27/h8-17H,18H2,1-7H3. The Morgan fingerprint density at radius 2 is 1.69 bits per heavy atom. The van der Waals surface area contributed by atoms with Crippen LogP contribution in [0.5, 0.6) is 5.75 Å². The molecule has 6 nitrogen and oxygen atoms in total. The molecule has 0 spiro atoms. The van der Waals surface area contributed by atoms with E-state index in [1.165, 1.54) is 0 Å². The van der Waals surface area contributed by atoms with E-state index in [2.05, 4.69) is 28.2 Å². The topological polar surface area (TPSA) is 64.5 Å². The number of amides is 1. The summed E-state index contributed by atoms with van der Waals surface area (Å²) in [5, 5.41) is 1.06. The first kappa shape index (κ1) is 25.2. The first-order chi connectivity index (χ1) is 17.1. The second-order valence-corrected chi connectivity index (χ2v) is 10.1. The van der Waals surface area contributed by atoms with Crippen molar-refractivity contribution in [3.05, 3.63) is 83.3 Å². The molecule has 1 amide bonds. The van der Waals surface area contributed by atoms with Gasteiger partial charge in [-0.05, 0) is 76.9 Å². The molecule has 0 aliphatic carbocycles. The maximum Gasteiger partial charge on any atom is 0.415 e. The van der Waals surface area contributed by atoms with Crippen LogP contribution in [0.25, 0.3) is 22.0 Å². The molecule has 186 valence electrons. The summed E-state index contributed by atoms with van der Waals surface area (Å²) >= 11 is 0. The van der Waals surface area contributed by atoms with Gasteiger partial charge in [0.2, 0.25) is 0 Å². The van der Waals surface area contributed by atoms with Gasteiger partial charge in [-0.1, -0.05) is 24.3 Å². The molecule has 0 N–H and O–H groups in total. The zero-order chi connectivity index (χ0) is 26.0. The number of aromatic nitrogens is 2. The minimum atomic E-state index is -0.641. The lowest BCUT2D eigenvalue weighted by Gasteiger charge is -2.28. The molecule has 2 aromatic carbocycles. The molecule has 0 fully saturated rings. The van der Waals surface area contributed by atoms with Crippen molar-refractivity contribution in [1.82, 2.24) is 9.97 Å². The molecule has 0 aliphatic rings. The molecule has 0 atom stereocenters. The molecular weight excluding hydrogens is 450 g/mol. The van der Waals surface area contributed by atoms with E-state index in [0.29, 0.717) is 0 Å². The Hall–Kier alpha value is -3.93. The number of carbonyl (C=O) groups is 1. The third-order valence-electron chi connectivity index (χ3n) is 5.97. The fraction of sp³-hybridized carbons (Fsp3) is 0.300. The number of nitrogens with zero attached hydrogens (tertiary/aromatic N) is 3. The average molecular weight is 484 g/mol. The number of ether oxygens (including phenoxy) is 2. The van der Waals surface area contributed by atoms with E-state index in [0.717, 1.165) is 55.9 Å². The molecule has 4 rings (SSSR count). The van der Waals surface area contributed by atoms with Crippen LogP contribution in [0.15, 0.2) is 60.9 Å². The minimum Gasteiger partial charge on any atom is -0.496 e. The highest BCUT2D eigenvalue weighted by Crippen LogP contribution is 2.31. The van der Waals surface area contributed by atoms with Crippen LogP contribution in [0, 0.1) is 20.8 Å². The van der Waals surface area contributed by atoms with Gasteiger partial charge < -0.3 is 9.47 Å². The van der Waals surface area contributed by atoms with Crippen molar-refractivity contribution in [3.63, 3.8) is 0 Å². The van der Waals surface area contributed by atoms with Crippen molar-refractivity contribution in [1.29, 1.82) is 0 Å². The van der Waals surface area contributed by atoms with Gasteiger partial charge in [0.1, 0.15) is 11.4 Å². The Labute approximate surface area is 212 Å². The zero-order valence-electron chi connectivity index (χ0n) is 22.0. The smallest absolute Gasteiger partial charge is 0.415 e. The summed E-state index contributed by atoms with van der Waals surface area (Å²) < 4.78 is 11.4. The molecule has 2 heterocycles. The summed E-state index contributed by atoms with van der Waals surface area (Å²) in [6.45, 7) is 11.8. The van der Waals surface area contributed by atoms with Gasteiger partial charge in [0.25, 0.3) is 0 Å². The minimum absolute atomic E-state index is 0.246. The van der Waals surface area contributed by atoms with Gasteiger partial charge in [0.05, 0.1) is 24.9 Å². The summed E-state index contributed by atoms with van der Waals surface area (Å²) in [6.07, 6.45) is 3.21. The highest BCUT2D eigenvalue weighted by atomic mass is 16.6. The molecule has 4 aromatic rings. The largest absolute Gasteiger partial charge is 0.496 e. The first-order valence-corrected chi connectivity index (χ1v) is 12.0. The number of methoxy groups -OCH3 is 1. The summed E-state index contributed by atoms with van der Waals surface area (Å²) in [5.41, 5.74) is 6.61. The number of pyridine rings is 2. The monoisotopic (exact) mass is 483 g/mol. The number of hydrogen-bond donors (Lipinski definition) is 0. The molecule has 0 unspecified atom stereocenters. The van der Waals surface area contributed by atoms with Crippen molar-refractivity contribution in [2.45, 2.75) is 53.7 Å². The van der Waals surface area contributed by atoms with Crippen molar-refractivity contribution >= 4 is 22.7 Å². The van der Waals surface area contributed by atoms with Crippen LogP contribution in [0.1, 0.15) is 43.2 Å². The molecule has 0 aliphatic heterocycles. The number of benzene rings is 2. The van der Waals surface area contributed by atoms with Gasteiger partial charge in [-0.25, -0.2) is 4.79 Å². The molecule has 0 saturated heterocycles. The van der Waals surface area contributed by atoms with Crippen LogP contribution in [0.3, 0.4) is 0 Å². The van der Waals surface area contributed by atoms with Crippen molar-refractivity contribution < 1.29 is 14.3 Å². The Kier molecular flexibility index (Phi) is 6.97. The highest BCUT2D eigenvalue weighted by Gasteiger charge is 2.26. The molecule has 0 saturated carbocycles. The normalized spacial score (nSPS) is 11.4. The van der Waals surface area contributed by atoms with Gasteiger partial charge in [-0.2, -0.15) is 0 Å². The number of para-hydroxylation sites is 1. The molecule has 36 heavy (non-hydrogen) atoms. The maximum atomic E-state index is 13.5. The van der Waals surface area contributed by atoms with Crippen LogP contribution in [-0.2, 0) is 11.3 Å². The highest BCUT2D eigenvalue weighted by molar-refractivity contribution is 5.90. The van der Waals surface area contributed by atoms with E-state index < -0.39 is 11.7 Å². The summed E-state index contributed by atoms with van der Waals surface area (Å²) in [7, 11) is 1.65. The van der Waals surface area contributed by atoms with E-state index >= 15 is 0 Å². The predicted molar refractivity (Wildman–Crippen MR) is 145 cm³/mol.